The molecule has 100 valence electrons. The minimum atomic E-state index is -0.635. The lowest BCUT2D eigenvalue weighted by Gasteiger charge is -2.08. The van der Waals surface area contributed by atoms with Crippen LogP contribution < -0.4 is 11.1 Å². The van der Waals surface area contributed by atoms with Gasteiger partial charge >= 0.3 is 0 Å². The van der Waals surface area contributed by atoms with Gasteiger partial charge in [-0.3, -0.25) is 4.79 Å². The van der Waals surface area contributed by atoms with E-state index >= 15 is 0 Å². The van der Waals surface area contributed by atoms with E-state index in [0.717, 1.165) is 5.56 Å². The molecule has 0 saturated carbocycles. The van der Waals surface area contributed by atoms with Gasteiger partial charge in [0.15, 0.2) is 11.0 Å². The van der Waals surface area contributed by atoms with E-state index in [2.05, 4.69) is 15.5 Å². The van der Waals surface area contributed by atoms with Crippen molar-refractivity contribution in [1.29, 1.82) is 5.26 Å². The highest BCUT2D eigenvalue weighted by Crippen LogP contribution is 2.15. The van der Waals surface area contributed by atoms with Crippen molar-refractivity contribution in [3.63, 3.8) is 0 Å². The fraction of sp³-hybridized carbons (Fsp3) is 0.0769. The number of benzene rings is 1. The third-order valence-electron chi connectivity index (χ3n) is 2.57. The smallest absolute Gasteiger partial charge is 0.252 e. The second-order valence-corrected chi connectivity index (χ2v) is 4.34. The second kappa shape index (κ2) is 5.99. The van der Waals surface area contributed by atoms with Crippen molar-refractivity contribution < 1.29 is 4.79 Å². The summed E-state index contributed by atoms with van der Waals surface area (Å²) in [5, 5.41) is 19.2. The minimum Gasteiger partial charge on any atom is -0.365 e. The Balaban J connectivity index is 2.14. The van der Waals surface area contributed by atoms with E-state index in [1.54, 1.807) is 24.3 Å². The largest absolute Gasteiger partial charge is 0.365 e. The fourth-order valence-electron chi connectivity index (χ4n) is 1.57. The van der Waals surface area contributed by atoms with Crippen molar-refractivity contribution in [3.8, 4) is 6.07 Å². The van der Waals surface area contributed by atoms with Gasteiger partial charge in [-0.2, -0.15) is 5.26 Å². The van der Waals surface area contributed by atoms with Crippen LogP contribution >= 0.6 is 11.6 Å². The molecule has 0 radical (unpaired) electrons. The molecule has 0 bridgehead atoms. The fourth-order valence-corrected chi connectivity index (χ4v) is 1.72. The number of carbonyl (C=O) groups is 1. The molecule has 3 N–H and O–H groups in total. The average Bonchev–Trinajstić information content (AvgIpc) is 2.46. The van der Waals surface area contributed by atoms with Gasteiger partial charge in [-0.05, 0) is 23.8 Å². The maximum atomic E-state index is 11.3. The summed E-state index contributed by atoms with van der Waals surface area (Å²) < 4.78 is 0. The molecular formula is C13H10ClN5O. The van der Waals surface area contributed by atoms with Gasteiger partial charge in [0, 0.05) is 6.54 Å². The topological polar surface area (TPSA) is 105 Å². The Morgan fingerprint density at radius 3 is 2.65 bits per heavy atom. The summed E-state index contributed by atoms with van der Waals surface area (Å²) in [6, 6.07) is 10.4. The van der Waals surface area contributed by atoms with Gasteiger partial charge in [-0.25, -0.2) is 0 Å². The maximum Gasteiger partial charge on any atom is 0.252 e. The molecule has 0 aliphatic heterocycles. The third-order valence-corrected chi connectivity index (χ3v) is 2.76. The molecule has 0 fully saturated rings. The summed E-state index contributed by atoms with van der Waals surface area (Å²) in [5.41, 5.74) is 6.94. The first-order valence-electron chi connectivity index (χ1n) is 5.66. The molecule has 0 aliphatic rings. The number of halogens is 1. The average molecular weight is 288 g/mol. The molecule has 6 nitrogen and oxygen atoms in total. The number of nitrogens with two attached hydrogens (primary N) is 1. The zero-order chi connectivity index (χ0) is 14.5. The number of nitrogens with one attached hydrogen (secondary N) is 1. The number of rotatable bonds is 4. The van der Waals surface area contributed by atoms with Crippen LogP contribution in [0.4, 0.5) is 5.82 Å². The van der Waals surface area contributed by atoms with E-state index in [0.29, 0.717) is 12.1 Å². The van der Waals surface area contributed by atoms with Gasteiger partial charge in [0.1, 0.15) is 0 Å². The molecule has 1 heterocycles. The molecule has 1 aromatic carbocycles. The lowest BCUT2D eigenvalue weighted by atomic mass is 10.1. The highest BCUT2D eigenvalue weighted by Gasteiger charge is 2.11. The Labute approximate surface area is 120 Å². The first kappa shape index (κ1) is 13.8. The quantitative estimate of drug-likeness (QED) is 0.890. The van der Waals surface area contributed by atoms with E-state index in [-0.39, 0.29) is 16.5 Å². The van der Waals surface area contributed by atoms with Crippen LogP contribution in [0.5, 0.6) is 0 Å². The summed E-state index contributed by atoms with van der Waals surface area (Å²) >= 11 is 5.67. The van der Waals surface area contributed by atoms with Crippen molar-refractivity contribution in [1.82, 2.24) is 10.2 Å². The highest BCUT2D eigenvalue weighted by atomic mass is 35.5. The molecule has 0 atom stereocenters. The van der Waals surface area contributed by atoms with Crippen LogP contribution in [0.25, 0.3) is 0 Å². The molecule has 0 unspecified atom stereocenters. The number of anilines is 1. The van der Waals surface area contributed by atoms with Gasteiger partial charge in [-0.15, -0.1) is 10.2 Å². The number of hydrogen-bond acceptors (Lipinski definition) is 5. The number of aromatic nitrogens is 2. The molecule has 7 heteroatoms. The predicted octanol–water partition coefficient (Wildman–Crippen LogP) is 1.71. The van der Waals surface area contributed by atoms with Crippen LogP contribution in [0.15, 0.2) is 30.3 Å². The summed E-state index contributed by atoms with van der Waals surface area (Å²) in [6.07, 6.45) is 0. The Morgan fingerprint density at radius 1 is 1.35 bits per heavy atom. The third kappa shape index (κ3) is 3.22. The van der Waals surface area contributed by atoms with Gasteiger partial charge < -0.3 is 11.1 Å². The van der Waals surface area contributed by atoms with E-state index in [9.17, 15) is 4.79 Å². The molecule has 1 aromatic heterocycles. The van der Waals surface area contributed by atoms with E-state index in [1.807, 2.05) is 6.07 Å². The van der Waals surface area contributed by atoms with Crippen LogP contribution in [-0.2, 0) is 6.54 Å². The second-order valence-electron chi connectivity index (χ2n) is 3.96. The normalized spacial score (nSPS) is 9.80. The van der Waals surface area contributed by atoms with Crippen molar-refractivity contribution in [2.75, 3.05) is 5.32 Å². The van der Waals surface area contributed by atoms with Gasteiger partial charge in [-0.1, -0.05) is 23.7 Å². The number of amides is 1. The summed E-state index contributed by atoms with van der Waals surface area (Å²) in [5.74, 6) is -0.365. The SMILES string of the molecule is N#Cc1ccc(CNc2nnc(Cl)cc2C(N)=O)cc1. The number of nitriles is 1. The van der Waals surface area contributed by atoms with Crippen molar-refractivity contribution in [3.05, 3.63) is 52.2 Å². The first-order valence-corrected chi connectivity index (χ1v) is 6.04. The number of primary amides is 1. The Hall–Kier alpha value is -2.65. The molecule has 0 aliphatic carbocycles. The maximum absolute atomic E-state index is 11.3. The zero-order valence-electron chi connectivity index (χ0n) is 10.3. The monoisotopic (exact) mass is 287 g/mol. The van der Waals surface area contributed by atoms with Gasteiger partial charge in [0.05, 0.1) is 17.2 Å². The predicted molar refractivity (Wildman–Crippen MR) is 74.0 cm³/mol. The number of nitrogens with zero attached hydrogens (tertiary/aromatic N) is 3. The Bertz CT molecular complexity index is 678. The first-order chi connectivity index (χ1) is 9.60. The standard InChI is InChI=1S/C13H10ClN5O/c14-11-5-10(12(16)20)13(19-18-11)17-7-9-3-1-8(6-15)2-4-9/h1-5H,7H2,(H2,16,20)(H,17,19). The summed E-state index contributed by atoms with van der Waals surface area (Å²) in [6.45, 7) is 0.419. The van der Waals surface area contributed by atoms with Crippen LogP contribution in [0, 0.1) is 11.3 Å². The molecule has 20 heavy (non-hydrogen) atoms. The molecule has 1 amide bonds. The Morgan fingerprint density at radius 2 is 2.05 bits per heavy atom. The Kier molecular flexibility index (Phi) is 4.13. The van der Waals surface area contributed by atoms with Crippen molar-refractivity contribution in [2.24, 2.45) is 5.73 Å². The summed E-state index contributed by atoms with van der Waals surface area (Å²) in [7, 11) is 0. The van der Waals surface area contributed by atoms with Gasteiger partial charge in [0.2, 0.25) is 0 Å². The lowest BCUT2D eigenvalue weighted by molar-refractivity contribution is 0.100. The molecule has 2 aromatic rings. The molecule has 0 spiro atoms. The van der Waals surface area contributed by atoms with Crippen molar-refractivity contribution in [2.45, 2.75) is 6.54 Å². The molecule has 0 saturated heterocycles. The van der Waals surface area contributed by atoms with Gasteiger partial charge in [0.25, 0.3) is 5.91 Å². The molecule has 2 rings (SSSR count). The number of carbonyl (C=O) groups excluding carboxylic acids is 1. The number of hydrogen-bond donors (Lipinski definition) is 2. The highest BCUT2D eigenvalue weighted by molar-refractivity contribution is 6.29. The minimum absolute atomic E-state index is 0.0997. The lowest BCUT2D eigenvalue weighted by Crippen LogP contribution is -2.16. The van der Waals surface area contributed by atoms with Crippen LogP contribution in [0.2, 0.25) is 5.15 Å². The van der Waals surface area contributed by atoms with E-state index in [4.69, 9.17) is 22.6 Å². The van der Waals surface area contributed by atoms with E-state index < -0.39 is 5.91 Å². The van der Waals surface area contributed by atoms with Crippen LogP contribution in [0.1, 0.15) is 21.5 Å². The summed E-state index contributed by atoms with van der Waals surface area (Å²) in [4.78, 5) is 11.3. The molecular weight excluding hydrogens is 278 g/mol. The van der Waals surface area contributed by atoms with Crippen LogP contribution in [-0.4, -0.2) is 16.1 Å². The zero-order valence-corrected chi connectivity index (χ0v) is 11.1. The van der Waals surface area contributed by atoms with Crippen molar-refractivity contribution >= 4 is 23.3 Å². The van der Waals surface area contributed by atoms with Crippen LogP contribution in [0.3, 0.4) is 0 Å². The van der Waals surface area contributed by atoms with E-state index in [1.165, 1.54) is 6.07 Å².